The molecule has 0 unspecified atom stereocenters. The number of benzene rings is 2. The van der Waals surface area contributed by atoms with Crippen LogP contribution in [-0.4, -0.2) is 30.1 Å². The second-order valence-electron chi connectivity index (χ2n) is 5.77. The number of nitriles is 1. The Labute approximate surface area is 158 Å². The van der Waals surface area contributed by atoms with Gasteiger partial charge in [-0.25, -0.2) is 4.79 Å². The van der Waals surface area contributed by atoms with Crippen LogP contribution in [0.5, 0.6) is 0 Å². The van der Waals surface area contributed by atoms with Crippen molar-refractivity contribution in [1.82, 2.24) is 0 Å². The van der Waals surface area contributed by atoms with Gasteiger partial charge in [-0.1, -0.05) is 12.1 Å². The van der Waals surface area contributed by atoms with Crippen molar-refractivity contribution in [2.45, 2.75) is 13.8 Å². The van der Waals surface area contributed by atoms with Gasteiger partial charge in [-0.05, 0) is 61.9 Å². The van der Waals surface area contributed by atoms with E-state index < -0.39 is 11.9 Å². The van der Waals surface area contributed by atoms with E-state index in [0.29, 0.717) is 5.69 Å². The van der Waals surface area contributed by atoms with E-state index in [-0.39, 0.29) is 11.1 Å². The van der Waals surface area contributed by atoms with Crippen LogP contribution in [-0.2, 0) is 4.79 Å². The van der Waals surface area contributed by atoms with Gasteiger partial charge < -0.3 is 15.3 Å². The Morgan fingerprint density at radius 1 is 1.07 bits per heavy atom. The van der Waals surface area contributed by atoms with E-state index in [2.05, 4.69) is 24.1 Å². The molecule has 6 nitrogen and oxygen atoms in total. The van der Waals surface area contributed by atoms with Crippen LogP contribution in [0.4, 0.5) is 11.4 Å². The average molecular weight is 363 g/mol. The van der Waals surface area contributed by atoms with Crippen LogP contribution in [0.2, 0.25) is 0 Å². The van der Waals surface area contributed by atoms with Gasteiger partial charge >= 0.3 is 5.97 Å². The van der Waals surface area contributed by atoms with Crippen LogP contribution in [0.15, 0.2) is 54.1 Å². The first kappa shape index (κ1) is 19.7. The summed E-state index contributed by atoms with van der Waals surface area (Å²) in [6.45, 7) is 5.97. The van der Waals surface area contributed by atoms with E-state index in [1.807, 2.05) is 30.3 Å². The van der Waals surface area contributed by atoms with Crippen LogP contribution >= 0.6 is 0 Å². The first-order valence-corrected chi connectivity index (χ1v) is 8.60. The fraction of sp³-hybridized carbons (Fsp3) is 0.190. The number of amides is 1. The lowest BCUT2D eigenvalue weighted by atomic mass is 10.1. The third-order valence-corrected chi connectivity index (χ3v) is 4.09. The lowest BCUT2D eigenvalue weighted by Crippen LogP contribution is -2.21. The van der Waals surface area contributed by atoms with E-state index >= 15 is 0 Å². The van der Waals surface area contributed by atoms with E-state index in [9.17, 15) is 14.9 Å². The quantitative estimate of drug-likeness (QED) is 0.577. The Kier molecular flexibility index (Phi) is 6.73. The van der Waals surface area contributed by atoms with E-state index in [1.165, 1.54) is 30.3 Å². The molecule has 0 radical (unpaired) electrons. The van der Waals surface area contributed by atoms with Crippen molar-refractivity contribution >= 4 is 29.3 Å². The molecule has 27 heavy (non-hydrogen) atoms. The van der Waals surface area contributed by atoms with Crippen LogP contribution in [0, 0.1) is 11.3 Å². The fourth-order valence-electron chi connectivity index (χ4n) is 2.58. The number of hydrogen-bond donors (Lipinski definition) is 2. The van der Waals surface area contributed by atoms with Gasteiger partial charge in [0.15, 0.2) is 0 Å². The Morgan fingerprint density at radius 3 is 2.15 bits per heavy atom. The summed E-state index contributed by atoms with van der Waals surface area (Å²) in [6, 6.07) is 15.3. The molecule has 6 heteroatoms. The third kappa shape index (κ3) is 5.19. The zero-order valence-corrected chi connectivity index (χ0v) is 15.3. The lowest BCUT2D eigenvalue weighted by Gasteiger charge is -2.20. The number of nitrogens with one attached hydrogen (secondary N) is 1. The summed E-state index contributed by atoms with van der Waals surface area (Å²) in [5.41, 5.74) is 2.34. The largest absolute Gasteiger partial charge is 0.478 e. The van der Waals surface area contributed by atoms with Gasteiger partial charge in [0.05, 0.1) is 5.56 Å². The molecule has 0 fully saturated rings. The van der Waals surface area contributed by atoms with Gasteiger partial charge in [0, 0.05) is 24.5 Å². The van der Waals surface area contributed by atoms with Crippen molar-refractivity contribution in [2.24, 2.45) is 0 Å². The predicted octanol–water partition coefficient (Wildman–Crippen LogP) is 3.78. The molecule has 0 saturated carbocycles. The highest BCUT2D eigenvalue weighted by Crippen LogP contribution is 2.17. The highest BCUT2D eigenvalue weighted by molar-refractivity contribution is 6.09. The van der Waals surface area contributed by atoms with Gasteiger partial charge in [0.25, 0.3) is 5.91 Å². The molecule has 2 N–H and O–H groups in total. The zero-order valence-electron chi connectivity index (χ0n) is 15.3. The molecule has 0 aliphatic heterocycles. The molecule has 2 aromatic carbocycles. The van der Waals surface area contributed by atoms with E-state index in [1.54, 1.807) is 0 Å². The van der Waals surface area contributed by atoms with Crippen LogP contribution < -0.4 is 10.2 Å². The summed E-state index contributed by atoms with van der Waals surface area (Å²) in [5.74, 6) is -1.59. The molecule has 0 aromatic heterocycles. The Hall–Kier alpha value is -3.59. The summed E-state index contributed by atoms with van der Waals surface area (Å²) in [7, 11) is 0. The minimum absolute atomic E-state index is 0.0344. The molecule has 0 saturated heterocycles. The minimum Gasteiger partial charge on any atom is -0.478 e. The maximum atomic E-state index is 12.3. The van der Waals surface area contributed by atoms with Gasteiger partial charge in [-0.2, -0.15) is 5.26 Å². The molecular formula is C21H21N3O3. The van der Waals surface area contributed by atoms with Crippen molar-refractivity contribution < 1.29 is 14.7 Å². The first-order valence-electron chi connectivity index (χ1n) is 8.60. The van der Waals surface area contributed by atoms with Crippen LogP contribution in [0.1, 0.15) is 29.8 Å². The monoisotopic (exact) mass is 363 g/mol. The molecule has 2 aromatic rings. The molecule has 0 heterocycles. The first-order chi connectivity index (χ1) is 13.0. The average Bonchev–Trinajstić information content (AvgIpc) is 2.68. The highest BCUT2D eigenvalue weighted by atomic mass is 16.4. The summed E-state index contributed by atoms with van der Waals surface area (Å²) in [6.07, 6.45) is 1.52. The second-order valence-corrected chi connectivity index (χ2v) is 5.77. The molecule has 0 aliphatic rings. The molecule has 0 aliphatic carbocycles. The molecule has 0 atom stereocenters. The molecular weight excluding hydrogens is 342 g/mol. The normalized spacial score (nSPS) is 10.8. The number of carboxylic acids is 1. The number of hydrogen-bond acceptors (Lipinski definition) is 4. The SMILES string of the molecule is CCN(CC)c1ccc(/C=C(/C#N)C(=O)Nc2ccc(C(=O)O)cc2)cc1. The fourth-order valence-corrected chi connectivity index (χ4v) is 2.58. The number of rotatable bonds is 7. The van der Waals surface area contributed by atoms with Crippen molar-refractivity contribution in [3.05, 3.63) is 65.2 Å². The molecule has 0 bridgehead atoms. The lowest BCUT2D eigenvalue weighted by molar-refractivity contribution is -0.112. The Bertz CT molecular complexity index is 874. The van der Waals surface area contributed by atoms with Crippen molar-refractivity contribution in [2.75, 3.05) is 23.3 Å². The number of aromatic carboxylic acids is 1. The molecule has 2 rings (SSSR count). The summed E-state index contributed by atoms with van der Waals surface area (Å²) < 4.78 is 0. The summed E-state index contributed by atoms with van der Waals surface area (Å²) in [4.78, 5) is 25.4. The number of carboxylic acid groups (broad SMARTS) is 1. The molecule has 138 valence electrons. The highest BCUT2D eigenvalue weighted by Gasteiger charge is 2.10. The van der Waals surface area contributed by atoms with Gasteiger partial charge in [0.2, 0.25) is 0 Å². The second kappa shape index (κ2) is 9.20. The van der Waals surface area contributed by atoms with Crippen LogP contribution in [0.3, 0.4) is 0 Å². The number of nitrogens with zero attached hydrogens (tertiary/aromatic N) is 2. The zero-order chi connectivity index (χ0) is 19.8. The summed E-state index contributed by atoms with van der Waals surface area (Å²) >= 11 is 0. The standard InChI is InChI=1S/C21H21N3O3/c1-3-24(4-2)19-11-5-15(6-12-19)13-17(14-22)20(25)23-18-9-7-16(8-10-18)21(26)27/h5-13H,3-4H2,1-2H3,(H,23,25)(H,26,27)/b17-13-. The van der Waals surface area contributed by atoms with Crippen LogP contribution in [0.25, 0.3) is 6.08 Å². The molecule has 1 amide bonds. The molecule has 0 spiro atoms. The number of anilines is 2. The topological polar surface area (TPSA) is 93.4 Å². The maximum Gasteiger partial charge on any atom is 0.335 e. The Balaban J connectivity index is 2.14. The third-order valence-electron chi connectivity index (χ3n) is 4.09. The van der Waals surface area contributed by atoms with Gasteiger partial charge in [0.1, 0.15) is 11.6 Å². The maximum absolute atomic E-state index is 12.3. The van der Waals surface area contributed by atoms with Crippen molar-refractivity contribution in [1.29, 1.82) is 5.26 Å². The number of carbonyl (C=O) groups is 2. The van der Waals surface area contributed by atoms with Crippen molar-refractivity contribution in [3.63, 3.8) is 0 Å². The van der Waals surface area contributed by atoms with E-state index in [0.717, 1.165) is 24.3 Å². The predicted molar refractivity (Wildman–Crippen MR) is 106 cm³/mol. The minimum atomic E-state index is -1.04. The Morgan fingerprint density at radius 2 is 1.67 bits per heavy atom. The smallest absolute Gasteiger partial charge is 0.335 e. The van der Waals surface area contributed by atoms with Gasteiger partial charge in [-0.3, -0.25) is 4.79 Å². The van der Waals surface area contributed by atoms with Gasteiger partial charge in [-0.15, -0.1) is 0 Å². The summed E-state index contributed by atoms with van der Waals surface area (Å²) in [5, 5.41) is 20.8. The van der Waals surface area contributed by atoms with E-state index in [4.69, 9.17) is 5.11 Å². The number of carbonyl (C=O) groups excluding carboxylic acids is 1. The van der Waals surface area contributed by atoms with Crippen molar-refractivity contribution in [3.8, 4) is 6.07 Å².